The summed E-state index contributed by atoms with van der Waals surface area (Å²) in [6, 6.07) is 1.99. The highest BCUT2D eigenvalue weighted by molar-refractivity contribution is 7.71. The van der Waals surface area contributed by atoms with Gasteiger partial charge in [0.25, 0.3) is 5.56 Å². The largest absolute Gasteiger partial charge is 0.322 e. The fraction of sp³-hybridized carbons (Fsp3) is 0.667. The van der Waals surface area contributed by atoms with Crippen molar-refractivity contribution in [2.45, 2.75) is 45.6 Å². The highest BCUT2D eigenvalue weighted by Gasteiger charge is 2.28. The first-order valence-corrected chi connectivity index (χ1v) is 6.20. The fourth-order valence-corrected chi connectivity index (χ4v) is 2.92. The standard InChI is InChI=1S/C12H18N2OS/c1-12(2)6-3-4-9(8-12)14-7-5-10(15)13-11(14)16/h5,7,9H,3-4,6,8H2,1-2H3,(H,13,15,16). The highest BCUT2D eigenvalue weighted by atomic mass is 32.1. The lowest BCUT2D eigenvalue weighted by Crippen LogP contribution is -2.26. The number of hydrogen-bond donors (Lipinski definition) is 1. The van der Waals surface area contributed by atoms with Crippen molar-refractivity contribution in [3.63, 3.8) is 0 Å². The van der Waals surface area contributed by atoms with Crippen LogP contribution in [-0.2, 0) is 0 Å². The van der Waals surface area contributed by atoms with Crippen LogP contribution in [0.3, 0.4) is 0 Å². The van der Waals surface area contributed by atoms with Crippen LogP contribution in [0.25, 0.3) is 0 Å². The molecule has 4 heteroatoms. The van der Waals surface area contributed by atoms with Gasteiger partial charge in [-0.15, -0.1) is 0 Å². The van der Waals surface area contributed by atoms with Gasteiger partial charge in [-0.05, 0) is 36.9 Å². The van der Waals surface area contributed by atoms with E-state index in [9.17, 15) is 4.79 Å². The molecule has 88 valence electrons. The molecule has 1 heterocycles. The van der Waals surface area contributed by atoms with Crippen LogP contribution < -0.4 is 5.56 Å². The number of aromatic nitrogens is 2. The molecule has 0 spiro atoms. The summed E-state index contributed by atoms with van der Waals surface area (Å²) in [7, 11) is 0. The first kappa shape index (κ1) is 11.6. The molecule has 1 aromatic heterocycles. The lowest BCUT2D eigenvalue weighted by molar-refractivity contribution is 0.181. The number of nitrogens with one attached hydrogen (secondary N) is 1. The third-order valence-electron chi connectivity index (χ3n) is 3.42. The van der Waals surface area contributed by atoms with Gasteiger partial charge in [0.2, 0.25) is 0 Å². The average molecular weight is 238 g/mol. The van der Waals surface area contributed by atoms with Crippen LogP contribution in [0.15, 0.2) is 17.1 Å². The molecule has 0 amide bonds. The number of hydrogen-bond acceptors (Lipinski definition) is 2. The van der Waals surface area contributed by atoms with Gasteiger partial charge < -0.3 is 4.57 Å². The number of rotatable bonds is 1. The van der Waals surface area contributed by atoms with E-state index in [1.165, 1.54) is 12.8 Å². The van der Waals surface area contributed by atoms with Crippen LogP contribution in [0.5, 0.6) is 0 Å². The summed E-state index contributed by atoms with van der Waals surface area (Å²) in [6.07, 6.45) is 6.63. The SMILES string of the molecule is CC1(C)CCCC(n2ccc(=O)[nH]c2=S)C1. The van der Waals surface area contributed by atoms with Gasteiger partial charge in [-0.25, -0.2) is 0 Å². The summed E-state index contributed by atoms with van der Waals surface area (Å²) in [5.74, 6) is 0. The maximum absolute atomic E-state index is 11.1. The van der Waals surface area contributed by atoms with Crippen molar-refractivity contribution in [2.24, 2.45) is 5.41 Å². The minimum absolute atomic E-state index is 0.115. The number of aromatic amines is 1. The van der Waals surface area contributed by atoms with E-state index in [4.69, 9.17) is 12.2 Å². The molecule has 1 aromatic rings. The summed E-state index contributed by atoms with van der Waals surface area (Å²) < 4.78 is 2.59. The van der Waals surface area contributed by atoms with Crippen LogP contribution in [0.4, 0.5) is 0 Å². The van der Waals surface area contributed by atoms with Crippen molar-refractivity contribution < 1.29 is 0 Å². The Labute approximate surface area is 101 Å². The van der Waals surface area contributed by atoms with Gasteiger partial charge in [0.05, 0.1) is 0 Å². The van der Waals surface area contributed by atoms with Crippen molar-refractivity contribution in [2.75, 3.05) is 0 Å². The van der Waals surface area contributed by atoms with Gasteiger partial charge in [0.15, 0.2) is 4.77 Å². The smallest absolute Gasteiger partial charge is 0.251 e. The third kappa shape index (κ3) is 2.43. The molecule has 1 atom stereocenters. The van der Waals surface area contributed by atoms with E-state index in [0.29, 0.717) is 16.2 Å². The van der Waals surface area contributed by atoms with Gasteiger partial charge in [0.1, 0.15) is 0 Å². The normalized spacial score (nSPS) is 24.2. The van der Waals surface area contributed by atoms with E-state index >= 15 is 0 Å². The van der Waals surface area contributed by atoms with Crippen LogP contribution in [0.1, 0.15) is 45.6 Å². The molecule has 3 nitrogen and oxygen atoms in total. The second-order valence-corrected chi connectivity index (χ2v) is 5.82. The molecule has 0 aromatic carbocycles. The molecule has 1 fully saturated rings. The predicted molar refractivity (Wildman–Crippen MR) is 67.2 cm³/mol. The average Bonchev–Trinajstić information content (AvgIpc) is 2.15. The molecule has 16 heavy (non-hydrogen) atoms. The Morgan fingerprint density at radius 1 is 1.56 bits per heavy atom. The van der Waals surface area contributed by atoms with E-state index in [0.717, 1.165) is 12.8 Å². The van der Waals surface area contributed by atoms with Crippen LogP contribution in [0, 0.1) is 10.2 Å². The summed E-state index contributed by atoms with van der Waals surface area (Å²) >= 11 is 5.20. The molecular weight excluding hydrogens is 220 g/mol. The second-order valence-electron chi connectivity index (χ2n) is 5.43. The summed E-state index contributed by atoms with van der Waals surface area (Å²) in [4.78, 5) is 13.8. The molecule has 2 rings (SSSR count). The van der Waals surface area contributed by atoms with E-state index < -0.39 is 0 Å². The first-order valence-electron chi connectivity index (χ1n) is 5.79. The maximum Gasteiger partial charge on any atom is 0.251 e. The van der Waals surface area contributed by atoms with Crippen molar-refractivity contribution in [1.29, 1.82) is 0 Å². The molecule has 0 saturated heterocycles. The molecule has 0 radical (unpaired) electrons. The molecule has 1 N–H and O–H groups in total. The Hall–Kier alpha value is -0.900. The Kier molecular flexibility index (Phi) is 3.02. The lowest BCUT2D eigenvalue weighted by Gasteiger charge is -2.36. The molecule has 0 aliphatic heterocycles. The topological polar surface area (TPSA) is 37.8 Å². The molecule has 0 bridgehead atoms. The van der Waals surface area contributed by atoms with Crippen LogP contribution in [0.2, 0.25) is 0 Å². The number of nitrogens with zero attached hydrogens (tertiary/aromatic N) is 1. The Morgan fingerprint density at radius 3 is 2.94 bits per heavy atom. The Bertz CT molecular complexity index is 486. The van der Waals surface area contributed by atoms with Gasteiger partial charge in [0, 0.05) is 18.3 Å². The van der Waals surface area contributed by atoms with Gasteiger partial charge in [-0.2, -0.15) is 0 Å². The van der Waals surface area contributed by atoms with E-state index in [1.54, 1.807) is 6.07 Å². The monoisotopic (exact) mass is 238 g/mol. The first-order chi connectivity index (χ1) is 7.48. The molecule has 1 unspecified atom stereocenters. The van der Waals surface area contributed by atoms with Crippen LogP contribution >= 0.6 is 12.2 Å². The van der Waals surface area contributed by atoms with Gasteiger partial charge >= 0.3 is 0 Å². The Balaban J connectivity index is 2.31. The molecule has 1 aliphatic carbocycles. The van der Waals surface area contributed by atoms with Crippen molar-refractivity contribution in [3.05, 3.63) is 27.4 Å². The molecule has 1 saturated carbocycles. The maximum atomic E-state index is 11.1. The van der Waals surface area contributed by atoms with Crippen LogP contribution in [-0.4, -0.2) is 9.55 Å². The van der Waals surface area contributed by atoms with Crippen molar-refractivity contribution in [1.82, 2.24) is 9.55 Å². The minimum atomic E-state index is -0.115. The third-order valence-corrected chi connectivity index (χ3v) is 3.74. The van der Waals surface area contributed by atoms with Gasteiger partial charge in [-0.1, -0.05) is 20.3 Å². The van der Waals surface area contributed by atoms with E-state index in [1.807, 2.05) is 10.8 Å². The van der Waals surface area contributed by atoms with E-state index in [2.05, 4.69) is 18.8 Å². The second kappa shape index (κ2) is 4.17. The van der Waals surface area contributed by atoms with Crippen molar-refractivity contribution >= 4 is 12.2 Å². The Morgan fingerprint density at radius 2 is 2.31 bits per heavy atom. The minimum Gasteiger partial charge on any atom is -0.322 e. The van der Waals surface area contributed by atoms with E-state index in [-0.39, 0.29) is 5.56 Å². The predicted octanol–water partition coefficient (Wildman–Crippen LogP) is 3.05. The van der Waals surface area contributed by atoms with Crippen molar-refractivity contribution in [3.8, 4) is 0 Å². The lowest BCUT2D eigenvalue weighted by atomic mass is 9.75. The summed E-state index contributed by atoms with van der Waals surface area (Å²) in [5.41, 5.74) is 0.268. The zero-order valence-corrected chi connectivity index (χ0v) is 10.6. The van der Waals surface area contributed by atoms with Gasteiger partial charge in [-0.3, -0.25) is 9.78 Å². The molecular formula is C12H18N2OS. The summed E-state index contributed by atoms with van der Waals surface area (Å²) in [6.45, 7) is 4.60. The highest BCUT2D eigenvalue weighted by Crippen LogP contribution is 2.40. The zero-order chi connectivity index (χ0) is 11.8. The quantitative estimate of drug-likeness (QED) is 0.764. The number of H-pyrrole nitrogens is 1. The fourth-order valence-electron chi connectivity index (χ4n) is 2.61. The molecule has 1 aliphatic rings. The zero-order valence-electron chi connectivity index (χ0n) is 9.82. The summed E-state index contributed by atoms with van der Waals surface area (Å²) in [5, 5.41) is 0.